The fourth-order valence-electron chi connectivity index (χ4n) is 1.95. The first-order valence-corrected chi connectivity index (χ1v) is 6.73. The summed E-state index contributed by atoms with van der Waals surface area (Å²) in [6.45, 7) is 0. The maximum absolute atomic E-state index is 4.27. The molecule has 0 bridgehead atoms. The molecule has 1 unspecified atom stereocenters. The molecule has 2 aromatic rings. The van der Waals surface area contributed by atoms with Gasteiger partial charge in [0.1, 0.15) is 12.2 Å². The third-order valence-corrected chi connectivity index (χ3v) is 3.51. The summed E-state index contributed by atoms with van der Waals surface area (Å²) in [4.78, 5) is 4.27. The van der Waals surface area contributed by atoms with Gasteiger partial charge in [-0.1, -0.05) is 28.1 Å². The number of nitrogens with zero attached hydrogens (tertiary/aromatic N) is 3. The number of hydrogen-bond acceptors (Lipinski definition) is 3. The lowest BCUT2D eigenvalue weighted by atomic mass is 10.0. The van der Waals surface area contributed by atoms with Crippen molar-refractivity contribution in [3.63, 3.8) is 0 Å². The van der Waals surface area contributed by atoms with E-state index in [4.69, 9.17) is 0 Å². The third kappa shape index (κ3) is 3.40. The summed E-state index contributed by atoms with van der Waals surface area (Å²) in [5.41, 5.74) is 1.31. The second kappa shape index (κ2) is 6.11. The van der Waals surface area contributed by atoms with Gasteiger partial charge in [0.25, 0.3) is 0 Å². The van der Waals surface area contributed by atoms with Crippen LogP contribution in [0.3, 0.4) is 0 Å². The van der Waals surface area contributed by atoms with Crippen molar-refractivity contribution in [2.45, 2.75) is 18.9 Å². The Kier molecular flexibility index (Phi) is 4.49. The first-order chi connectivity index (χ1) is 8.69. The zero-order valence-corrected chi connectivity index (χ0v) is 12.2. The molecule has 0 saturated carbocycles. The van der Waals surface area contributed by atoms with Gasteiger partial charge in [-0.3, -0.25) is 4.68 Å². The van der Waals surface area contributed by atoms with Crippen LogP contribution in [0, 0.1) is 0 Å². The number of nitrogens with one attached hydrogen (secondary N) is 1. The van der Waals surface area contributed by atoms with E-state index < -0.39 is 0 Å². The van der Waals surface area contributed by atoms with E-state index in [0.29, 0.717) is 6.04 Å². The SMILES string of the molecule is CNC(Cc1cccc(Br)c1)Cc1ncnn1C. The van der Waals surface area contributed by atoms with Crippen molar-refractivity contribution < 1.29 is 0 Å². The molecule has 1 heterocycles. The van der Waals surface area contributed by atoms with Gasteiger partial charge < -0.3 is 5.32 Å². The molecule has 0 aliphatic rings. The van der Waals surface area contributed by atoms with Gasteiger partial charge >= 0.3 is 0 Å². The minimum Gasteiger partial charge on any atom is -0.316 e. The highest BCUT2D eigenvalue weighted by atomic mass is 79.9. The quantitative estimate of drug-likeness (QED) is 0.918. The largest absolute Gasteiger partial charge is 0.316 e. The summed E-state index contributed by atoms with van der Waals surface area (Å²) in [5, 5.41) is 7.43. The maximum Gasteiger partial charge on any atom is 0.138 e. The Hall–Kier alpha value is -1.20. The van der Waals surface area contributed by atoms with Crippen molar-refractivity contribution in [1.29, 1.82) is 0 Å². The van der Waals surface area contributed by atoms with Crippen molar-refractivity contribution in [2.75, 3.05) is 7.05 Å². The van der Waals surface area contributed by atoms with Crippen LogP contribution in [0.1, 0.15) is 11.4 Å². The van der Waals surface area contributed by atoms with Crippen molar-refractivity contribution in [2.24, 2.45) is 7.05 Å². The second-order valence-electron chi connectivity index (χ2n) is 4.32. The predicted molar refractivity (Wildman–Crippen MR) is 75.4 cm³/mol. The maximum atomic E-state index is 4.27. The average molecular weight is 309 g/mol. The molecule has 5 heteroatoms. The molecule has 0 aliphatic heterocycles. The van der Waals surface area contributed by atoms with Crippen molar-refractivity contribution in [3.05, 3.63) is 46.5 Å². The number of halogens is 1. The van der Waals surface area contributed by atoms with E-state index in [0.717, 1.165) is 23.1 Å². The molecule has 0 spiro atoms. The average Bonchev–Trinajstić information content (AvgIpc) is 2.74. The summed E-state index contributed by atoms with van der Waals surface area (Å²) in [5.74, 6) is 1.00. The highest BCUT2D eigenvalue weighted by Gasteiger charge is 2.11. The van der Waals surface area contributed by atoms with E-state index in [-0.39, 0.29) is 0 Å². The zero-order valence-electron chi connectivity index (χ0n) is 10.6. The Bertz CT molecular complexity index is 509. The Labute approximate surface area is 116 Å². The van der Waals surface area contributed by atoms with Gasteiger partial charge in [0.05, 0.1) is 0 Å². The lowest BCUT2D eigenvalue weighted by Gasteiger charge is -2.15. The van der Waals surface area contributed by atoms with Crippen LogP contribution < -0.4 is 5.32 Å². The predicted octanol–water partition coefficient (Wildman–Crippen LogP) is 1.95. The van der Waals surface area contributed by atoms with Crippen LogP contribution >= 0.6 is 15.9 Å². The van der Waals surface area contributed by atoms with Crippen molar-refractivity contribution >= 4 is 15.9 Å². The fraction of sp³-hybridized carbons (Fsp3) is 0.385. The number of aromatic nitrogens is 3. The molecule has 2 rings (SSSR count). The minimum absolute atomic E-state index is 0.363. The topological polar surface area (TPSA) is 42.7 Å². The van der Waals surface area contributed by atoms with Crippen LogP contribution in [0.25, 0.3) is 0 Å². The molecule has 18 heavy (non-hydrogen) atoms. The standard InChI is InChI=1S/C13H17BrN4/c1-15-12(8-13-16-9-17-18(13)2)7-10-4-3-5-11(14)6-10/h3-6,9,12,15H,7-8H2,1-2H3. The molecule has 1 aromatic carbocycles. The molecule has 4 nitrogen and oxygen atoms in total. The third-order valence-electron chi connectivity index (χ3n) is 3.01. The van der Waals surface area contributed by atoms with Gasteiger partial charge in [-0.15, -0.1) is 0 Å². The van der Waals surface area contributed by atoms with Crippen LogP contribution in [0.2, 0.25) is 0 Å². The molecular weight excluding hydrogens is 292 g/mol. The van der Waals surface area contributed by atoms with Crippen molar-refractivity contribution in [1.82, 2.24) is 20.1 Å². The van der Waals surface area contributed by atoms with Gasteiger partial charge in [0.2, 0.25) is 0 Å². The second-order valence-corrected chi connectivity index (χ2v) is 5.24. The van der Waals surface area contributed by atoms with Crippen molar-refractivity contribution in [3.8, 4) is 0 Å². The van der Waals surface area contributed by atoms with E-state index in [1.807, 2.05) is 24.8 Å². The summed E-state index contributed by atoms with van der Waals surface area (Å²) in [6, 6.07) is 8.77. The number of aryl methyl sites for hydroxylation is 1. The molecule has 0 aliphatic carbocycles. The summed E-state index contributed by atoms with van der Waals surface area (Å²) in [7, 11) is 3.91. The van der Waals surface area contributed by atoms with E-state index >= 15 is 0 Å². The summed E-state index contributed by atoms with van der Waals surface area (Å²) < 4.78 is 2.94. The Morgan fingerprint density at radius 3 is 2.83 bits per heavy atom. The lowest BCUT2D eigenvalue weighted by Crippen LogP contribution is -2.31. The normalized spacial score (nSPS) is 12.6. The number of rotatable bonds is 5. The number of likely N-dealkylation sites (N-methyl/N-ethyl adjacent to an activating group) is 1. The first kappa shape index (κ1) is 13.2. The molecule has 0 saturated heterocycles. The van der Waals surface area contributed by atoms with Crippen LogP contribution in [-0.2, 0) is 19.9 Å². The smallest absolute Gasteiger partial charge is 0.138 e. The van der Waals surface area contributed by atoms with Crippen LogP contribution in [0.4, 0.5) is 0 Å². The Balaban J connectivity index is 2.04. The molecule has 0 radical (unpaired) electrons. The minimum atomic E-state index is 0.363. The van der Waals surface area contributed by atoms with E-state index in [1.54, 1.807) is 6.33 Å². The fourth-order valence-corrected chi connectivity index (χ4v) is 2.40. The zero-order chi connectivity index (χ0) is 13.0. The molecule has 0 fully saturated rings. The molecule has 96 valence electrons. The van der Waals surface area contributed by atoms with E-state index in [1.165, 1.54) is 5.56 Å². The van der Waals surface area contributed by atoms with Crippen LogP contribution in [-0.4, -0.2) is 27.9 Å². The van der Waals surface area contributed by atoms with Crippen LogP contribution in [0.5, 0.6) is 0 Å². The highest BCUT2D eigenvalue weighted by molar-refractivity contribution is 9.10. The van der Waals surface area contributed by atoms with E-state index in [2.05, 4.69) is 49.5 Å². The molecule has 1 N–H and O–H groups in total. The summed E-state index contributed by atoms with van der Waals surface area (Å²) in [6.07, 6.45) is 3.45. The highest BCUT2D eigenvalue weighted by Crippen LogP contribution is 2.14. The van der Waals surface area contributed by atoms with Gasteiger partial charge in [-0.25, -0.2) is 4.98 Å². The molecule has 1 atom stereocenters. The first-order valence-electron chi connectivity index (χ1n) is 5.93. The lowest BCUT2D eigenvalue weighted by molar-refractivity contribution is 0.527. The molecule has 0 amide bonds. The summed E-state index contributed by atoms with van der Waals surface area (Å²) >= 11 is 3.50. The Morgan fingerprint density at radius 2 is 2.22 bits per heavy atom. The van der Waals surface area contributed by atoms with E-state index in [9.17, 15) is 0 Å². The van der Waals surface area contributed by atoms with Gasteiger partial charge in [0, 0.05) is 24.0 Å². The van der Waals surface area contributed by atoms with Gasteiger partial charge in [-0.05, 0) is 31.2 Å². The molecule has 1 aromatic heterocycles. The Morgan fingerprint density at radius 1 is 1.39 bits per heavy atom. The van der Waals surface area contributed by atoms with Gasteiger partial charge in [0.15, 0.2) is 0 Å². The van der Waals surface area contributed by atoms with Gasteiger partial charge in [-0.2, -0.15) is 5.10 Å². The molecular formula is C13H17BrN4. The monoisotopic (exact) mass is 308 g/mol. The van der Waals surface area contributed by atoms with Crippen LogP contribution in [0.15, 0.2) is 35.1 Å². The number of hydrogen-bond donors (Lipinski definition) is 1. The number of benzene rings is 1.